The summed E-state index contributed by atoms with van der Waals surface area (Å²) >= 11 is 0. The molecular weight excluding hydrogens is 396 g/mol. The summed E-state index contributed by atoms with van der Waals surface area (Å²) in [7, 11) is 0. The fourth-order valence-corrected chi connectivity index (χ4v) is 4.73. The van der Waals surface area contributed by atoms with Gasteiger partial charge in [0.25, 0.3) is 0 Å². The van der Waals surface area contributed by atoms with Gasteiger partial charge in [-0.2, -0.15) is 0 Å². The number of nitrogens with two attached hydrogens (primary N) is 1. The van der Waals surface area contributed by atoms with Gasteiger partial charge in [0.1, 0.15) is 12.1 Å². The summed E-state index contributed by atoms with van der Waals surface area (Å²) in [5, 5.41) is 17.8. The number of carbonyl (C=O) groups excluding carboxylic acids is 2. The summed E-state index contributed by atoms with van der Waals surface area (Å²) in [6.45, 7) is 13.1. The average molecular weight is 441 g/mol. The van der Waals surface area contributed by atoms with E-state index in [1.807, 2.05) is 13.8 Å². The topological polar surface area (TPSA) is 134 Å². The van der Waals surface area contributed by atoms with Crippen molar-refractivity contribution in [2.45, 2.75) is 105 Å². The summed E-state index contributed by atoms with van der Waals surface area (Å²) in [6.07, 6.45) is 5.61. The molecule has 0 aromatic rings. The van der Waals surface area contributed by atoms with Crippen LogP contribution in [0.15, 0.2) is 0 Å². The van der Waals surface area contributed by atoms with Gasteiger partial charge in [0.05, 0.1) is 0 Å². The lowest BCUT2D eigenvalue weighted by Crippen LogP contribution is -2.58. The number of urea groups is 1. The molecular formula is C23H44N4O4. The van der Waals surface area contributed by atoms with Gasteiger partial charge in [0.15, 0.2) is 0 Å². The molecule has 3 amide bonds. The Labute approximate surface area is 187 Å². The van der Waals surface area contributed by atoms with E-state index in [0.717, 1.165) is 25.7 Å². The van der Waals surface area contributed by atoms with Crippen molar-refractivity contribution in [3.63, 3.8) is 0 Å². The molecule has 0 radical (unpaired) electrons. The van der Waals surface area contributed by atoms with Crippen molar-refractivity contribution in [3.8, 4) is 0 Å². The monoisotopic (exact) mass is 440 g/mol. The fourth-order valence-electron chi connectivity index (χ4n) is 4.73. The van der Waals surface area contributed by atoms with Gasteiger partial charge in [0, 0.05) is 6.04 Å². The van der Waals surface area contributed by atoms with Crippen LogP contribution in [-0.4, -0.2) is 47.7 Å². The normalized spacial score (nSPS) is 24.5. The summed E-state index contributed by atoms with van der Waals surface area (Å²) < 4.78 is 0. The van der Waals surface area contributed by atoms with Crippen LogP contribution in [0.4, 0.5) is 4.79 Å². The smallest absolute Gasteiger partial charge is 0.326 e. The molecule has 1 saturated carbocycles. The Morgan fingerprint density at radius 1 is 1.13 bits per heavy atom. The second-order valence-electron chi connectivity index (χ2n) is 10.2. The first-order valence-electron chi connectivity index (χ1n) is 11.7. The molecule has 0 aliphatic heterocycles. The number of rotatable bonds is 12. The van der Waals surface area contributed by atoms with Crippen LogP contribution >= 0.6 is 0 Å². The van der Waals surface area contributed by atoms with E-state index in [2.05, 4.69) is 43.6 Å². The molecule has 0 unspecified atom stereocenters. The van der Waals surface area contributed by atoms with Gasteiger partial charge in [-0.15, -0.1) is 0 Å². The second kappa shape index (κ2) is 11.7. The molecule has 8 heteroatoms. The largest absolute Gasteiger partial charge is 0.480 e. The number of amides is 3. The first-order valence-corrected chi connectivity index (χ1v) is 11.7. The van der Waals surface area contributed by atoms with E-state index >= 15 is 0 Å². The number of hydrogen-bond donors (Lipinski definition) is 5. The Morgan fingerprint density at radius 3 is 2.29 bits per heavy atom. The minimum Gasteiger partial charge on any atom is -0.480 e. The van der Waals surface area contributed by atoms with E-state index in [4.69, 9.17) is 5.73 Å². The standard InChI is InChI=1S/C23H44N4O4/c1-7-12-23(6)17(11-13-22(23,4)5)26-19(28)18(15(2)3)27-21(31)25-16(20(29)30)10-8-9-14-24/h15-18H,7-14,24H2,1-6H3,(H,26,28)(H,29,30)(H2,25,27,31)/t16-,17-,18+,23-/m0/s1. The van der Waals surface area contributed by atoms with E-state index in [9.17, 15) is 19.5 Å². The van der Waals surface area contributed by atoms with E-state index in [1.165, 1.54) is 0 Å². The van der Waals surface area contributed by atoms with E-state index in [1.54, 1.807) is 0 Å². The maximum Gasteiger partial charge on any atom is 0.326 e. The zero-order valence-corrected chi connectivity index (χ0v) is 20.2. The molecule has 0 bridgehead atoms. The van der Waals surface area contributed by atoms with Gasteiger partial charge in [-0.05, 0) is 61.8 Å². The van der Waals surface area contributed by atoms with Gasteiger partial charge in [-0.25, -0.2) is 9.59 Å². The van der Waals surface area contributed by atoms with Crippen LogP contribution in [0, 0.1) is 16.7 Å². The van der Waals surface area contributed by atoms with Crippen LogP contribution in [0.3, 0.4) is 0 Å². The lowest BCUT2D eigenvalue weighted by Gasteiger charge is -2.43. The highest BCUT2D eigenvalue weighted by atomic mass is 16.4. The molecule has 4 atom stereocenters. The minimum atomic E-state index is -1.10. The molecule has 0 saturated heterocycles. The SMILES string of the molecule is CCC[C@@]1(C)[C@@H](NC(=O)[C@H](NC(=O)N[C@@H](CCCCN)C(=O)O)C(C)C)CCC1(C)C. The van der Waals surface area contributed by atoms with Crippen LogP contribution in [0.25, 0.3) is 0 Å². The molecule has 1 aliphatic rings. The Bertz CT molecular complexity index is 623. The molecule has 0 aromatic carbocycles. The molecule has 0 spiro atoms. The maximum atomic E-state index is 13.1. The van der Waals surface area contributed by atoms with Crippen molar-refractivity contribution in [1.82, 2.24) is 16.0 Å². The average Bonchev–Trinajstić information content (AvgIpc) is 2.88. The molecule has 8 nitrogen and oxygen atoms in total. The van der Waals surface area contributed by atoms with Crippen LogP contribution in [0.5, 0.6) is 0 Å². The predicted molar refractivity (Wildman–Crippen MR) is 123 cm³/mol. The number of nitrogens with one attached hydrogen (secondary N) is 3. The maximum absolute atomic E-state index is 13.1. The zero-order chi connectivity index (χ0) is 23.8. The number of carbonyl (C=O) groups is 3. The van der Waals surface area contributed by atoms with Gasteiger partial charge in [-0.1, -0.05) is 48.0 Å². The lowest BCUT2D eigenvalue weighted by molar-refractivity contribution is -0.139. The highest BCUT2D eigenvalue weighted by molar-refractivity contribution is 5.89. The predicted octanol–water partition coefficient (Wildman–Crippen LogP) is 3.00. The van der Waals surface area contributed by atoms with Gasteiger partial charge < -0.3 is 26.8 Å². The van der Waals surface area contributed by atoms with E-state index < -0.39 is 24.1 Å². The zero-order valence-electron chi connectivity index (χ0n) is 20.2. The third-order valence-corrected chi connectivity index (χ3v) is 7.25. The van der Waals surface area contributed by atoms with Gasteiger partial charge >= 0.3 is 12.0 Å². The summed E-state index contributed by atoms with van der Waals surface area (Å²) in [4.78, 5) is 37.1. The molecule has 0 aromatic heterocycles. The third kappa shape index (κ3) is 7.09. The highest BCUT2D eigenvalue weighted by Crippen LogP contribution is 2.54. The lowest BCUT2D eigenvalue weighted by atomic mass is 9.65. The number of unbranched alkanes of at least 4 members (excludes halogenated alkanes) is 1. The molecule has 6 N–H and O–H groups in total. The molecule has 1 aliphatic carbocycles. The van der Waals surface area contributed by atoms with Crippen LogP contribution in [0.2, 0.25) is 0 Å². The quantitative estimate of drug-likeness (QED) is 0.297. The van der Waals surface area contributed by atoms with Gasteiger partial charge in [0.2, 0.25) is 5.91 Å². The number of hydrogen-bond acceptors (Lipinski definition) is 4. The molecule has 0 heterocycles. The third-order valence-electron chi connectivity index (χ3n) is 7.25. The van der Waals surface area contributed by atoms with Crippen LogP contribution in [0.1, 0.15) is 86.5 Å². The summed E-state index contributed by atoms with van der Waals surface area (Å²) in [6, 6.07) is -2.35. The van der Waals surface area contributed by atoms with E-state index in [0.29, 0.717) is 25.8 Å². The summed E-state index contributed by atoms with van der Waals surface area (Å²) in [5.41, 5.74) is 5.56. The Hall–Kier alpha value is -1.83. The van der Waals surface area contributed by atoms with Crippen molar-refractivity contribution in [2.75, 3.05) is 6.54 Å². The fraction of sp³-hybridized carbons (Fsp3) is 0.870. The van der Waals surface area contributed by atoms with Crippen molar-refractivity contribution in [3.05, 3.63) is 0 Å². The summed E-state index contributed by atoms with van der Waals surface area (Å²) in [5.74, 6) is -1.45. The van der Waals surface area contributed by atoms with Crippen molar-refractivity contribution < 1.29 is 19.5 Å². The molecule has 1 rings (SSSR count). The van der Waals surface area contributed by atoms with Crippen molar-refractivity contribution >= 4 is 17.9 Å². The second-order valence-corrected chi connectivity index (χ2v) is 10.2. The minimum absolute atomic E-state index is 0.0153. The number of carboxylic acid groups (broad SMARTS) is 1. The van der Waals surface area contributed by atoms with Crippen LogP contribution < -0.4 is 21.7 Å². The van der Waals surface area contributed by atoms with E-state index in [-0.39, 0.29) is 28.7 Å². The first-order chi connectivity index (χ1) is 14.4. The van der Waals surface area contributed by atoms with Crippen molar-refractivity contribution in [1.29, 1.82) is 0 Å². The first kappa shape index (κ1) is 27.2. The van der Waals surface area contributed by atoms with Gasteiger partial charge in [-0.3, -0.25) is 4.79 Å². The number of carboxylic acids is 1. The Kier molecular flexibility index (Phi) is 10.3. The molecule has 31 heavy (non-hydrogen) atoms. The molecule has 1 fully saturated rings. The molecule has 180 valence electrons. The van der Waals surface area contributed by atoms with Crippen LogP contribution in [-0.2, 0) is 9.59 Å². The Morgan fingerprint density at radius 2 is 1.77 bits per heavy atom. The Balaban J connectivity index is 2.81. The highest BCUT2D eigenvalue weighted by Gasteiger charge is 2.51. The van der Waals surface area contributed by atoms with Crippen molar-refractivity contribution in [2.24, 2.45) is 22.5 Å². The number of aliphatic carboxylic acids is 1.